The summed E-state index contributed by atoms with van der Waals surface area (Å²) < 4.78 is 5.59. The molecule has 2 heterocycles. The molecule has 3 aromatic carbocycles. The predicted molar refractivity (Wildman–Crippen MR) is 125 cm³/mol. The molecule has 5 aromatic rings. The molecule has 0 bridgehead atoms. The molecule has 0 saturated carbocycles. The van der Waals surface area contributed by atoms with Crippen LogP contribution in [-0.2, 0) is 11.2 Å². The van der Waals surface area contributed by atoms with Gasteiger partial charge in [-0.25, -0.2) is 0 Å². The van der Waals surface area contributed by atoms with E-state index in [4.69, 9.17) is 4.42 Å². The second kappa shape index (κ2) is 8.80. The number of H-pyrrole nitrogens is 1. The third-order valence-electron chi connectivity index (χ3n) is 5.08. The quantitative estimate of drug-likeness (QED) is 0.358. The SMILES string of the molecule is O=C(Cc1ccc(NC(=O)c2cc3ccccc3o2)cc1)Nc1cccc(-c2cn[nH]n2)c1. The fourth-order valence-electron chi connectivity index (χ4n) is 3.48. The molecule has 2 amide bonds. The summed E-state index contributed by atoms with van der Waals surface area (Å²) in [7, 11) is 0. The lowest BCUT2D eigenvalue weighted by atomic mass is 10.1. The molecule has 0 aliphatic rings. The molecule has 0 radical (unpaired) electrons. The fourth-order valence-corrected chi connectivity index (χ4v) is 3.48. The van der Waals surface area contributed by atoms with E-state index in [1.165, 1.54) is 0 Å². The molecule has 162 valence electrons. The van der Waals surface area contributed by atoms with Gasteiger partial charge in [-0.15, -0.1) is 0 Å². The predicted octanol–water partition coefficient (Wildman–Crippen LogP) is 4.65. The van der Waals surface area contributed by atoms with Crippen LogP contribution >= 0.6 is 0 Å². The molecule has 33 heavy (non-hydrogen) atoms. The number of anilines is 2. The number of para-hydroxylation sites is 1. The van der Waals surface area contributed by atoms with Gasteiger partial charge in [0.2, 0.25) is 5.91 Å². The van der Waals surface area contributed by atoms with Crippen LogP contribution < -0.4 is 10.6 Å². The summed E-state index contributed by atoms with van der Waals surface area (Å²) in [6, 6.07) is 23.7. The smallest absolute Gasteiger partial charge is 0.291 e. The van der Waals surface area contributed by atoms with Crippen LogP contribution in [0.4, 0.5) is 11.4 Å². The van der Waals surface area contributed by atoms with Gasteiger partial charge >= 0.3 is 0 Å². The highest BCUT2D eigenvalue weighted by Gasteiger charge is 2.13. The molecule has 0 atom stereocenters. The van der Waals surface area contributed by atoms with Crippen LogP contribution in [0.3, 0.4) is 0 Å². The number of nitrogens with one attached hydrogen (secondary N) is 3. The Labute approximate surface area is 188 Å². The van der Waals surface area contributed by atoms with Crippen molar-refractivity contribution in [2.75, 3.05) is 10.6 Å². The van der Waals surface area contributed by atoms with Gasteiger partial charge in [0.25, 0.3) is 5.91 Å². The molecule has 0 spiro atoms. The molecule has 0 unspecified atom stereocenters. The molecule has 8 heteroatoms. The maximum absolute atomic E-state index is 12.5. The summed E-state index contributed by atoms with van der Waals surface area (Å²) >= 11 is 0. The zero-order chi connectivity index (χ0) is 22.6. The average Bonchev–Trinajstić information content (AvgIpc) is 3.51. The van der Waals surface area contributed by atoms with Gasteiger partial charge in [-0.3, -0.25) is 9.59 Å². The zero-order valence-corrected chi connectivity index (χ0v) is 17.4. The Bertz CT molecular complexity index is 1390. The van der Waals surface area contributed by atoms with E-state index >= 15 is 0 Å². The highest BCUT2D eigenvalue weighted by molar-refractivity contribution is 6.04. The van der Waals surface area contributed by atoms with Crippen molar-refractivity contribution in [3.05, 3.63) is 96.4 Å². The summed E-state index contributed by atoms with van der Waals surface area (Å²) in [5, 5.41) is 17.0. The van der Waals surface area contributed by atoms with Crippen molar-refractivity contribution in [3.63, 3.8) is 0 Å². The minimum atomic E-state index is -0.330. The Morgan fingerprint density at radius 1 is 0.879 bits per heavy atom. The number of hydrogen-bond acceptors (Lipinski definition) is 5. The summed E-state index contributed by atoms with van der Waals surface area (Å²) in [4.78, 5) is 25.0. The fraction of sp³-hybridized carbons (Fsp3) is 0.0400. The van der Waals surface area contributed by atoms with Crippen molar-refractivity contribution in [2.45, 2.75) is 6.42 Å². The third-order valence-corrected chi connectivity index (χ3v) is 5.08. The van der Waals surface area contributed by atoms with Gasteiger partial charge in [0.1, 0.15) is 11.3 Å². The van der Waals surface area contributed by atoms with Gasteiger partial charge in [-0.1, -0.05) is 42.5 Å². The second-order valence-electron chi connectivity index (χ2n) is 7.46. The molecule has 2 aromatic heterocycles. The monoisotopic (exact) mass is 437 g/mol. The molecule has 5 rings (SSSR count). The molecule has 0 saturated heterocycles. The van der Waals surface area contributed by atoms with Crippen LogP contribution in [0.15, 0.2) is 89.5 Å². The van der Waals surface area contributed by atoms with Crippen LogP contribution in [0.25, 0.3) is 22.2 Å². The third kappa shape index (κ3) is 4.64. The topological polar surface area (TPSA) is 113 Å². The van der Waals surface area contributed by atoms with Crippen molar-refractivity contribution in [1.82, 2.24) is 15.4 Å². The Morgan fingerprint density at radius 2 is 1.73 bits per heavy atom. The van der Waals surface area contributed by atoms with Gasteiger partial charge in [0.15, 0.2) is 5.76 Å². The van der Waals surface area contributed by atoms with E-state index in [1.54, 1.807) is 36.5 Å². The maximum atomic E-state index is 12.5. The molecule has 8 nitrogen and oxygen atoms in total. The second-order valence-corrected chi connectivity index (χ2v) is 7.46. The van der Waals surface area contributed by atoms with E-state index < -0.39 is 0 Å². The lowest BCUT2D eigenvalue weighted by Gasteiger charge is -2.08. The standard InChI is InChI=1S/C25H19N5O3/c31-24(27-20-6-3-5-17(13-20)21-15-26-30-29-21)12-16-8-10-19(11-9-16)28-25(32)23-14-18-4-1-2-7-22(18)33-23/h1-11,13-15H,12H2,(H,27,31)(H,28,32)(H,26,29,30). The van der Waals surface area contributed by atoms with E-state index in [1.807, 2.05) is 48.5 Å². The van der Waals surface area contributed by atoms with E-state index in [2.05, 4.69) is 26.0 Å². The summed E-state index contributed by atoms with van der Waals surface area (Å²) in [5.74, 6) is -0.234. The first-order chi connectivity index (χ1) is 16.1. The lowest BCUT2D eigenvalue weighted by molar-refractivity contribution is -0.115. The first-order valence-corrected chi connectivity index (χ1v) is 10.3. The molecule has 0 fully saturated rings. The van der Waals surface area contributed by atoms with Gasteiger partial charge in [0, 0.05) is 22.3 Å². The van der Waals surface area contributed by atoms with Crippen molar-refractivity contribution in [1.29, 1.82) is 0 Å². The maximum Gasteiger partial charge on any atom is 0.291 e. The zero-order valence-electron chi connectivity index (χ0n) is 17.4. The Balaban J connectivity index is 1.19. The number of fused-ring (bicyclic) bond motifs is 1. The number of nitrogens with zero attached hydrogens (tertiary/aromatic N) is 2. The van der Waals surface area contributed by atoms with E-state index in [0.717, 1.165) is 16.5 Å². The van der Waals surface area contributed by atoms with Crippen LogP contribution in [0, 0.1) is 0 Å². The number of carbonyl (C=O) groups is 2. The molecular formula is C25H19N5O3. The van der Waals surface area contributed by atoms with Crippen LogP contribution in [0.2, 0.25) is 0 Å². The Morgan fingerprint density at radius 3 is 2.52 bits per heavy atom. The highest BCUT2D eigenvalue weighted by atomic mass is 16.3. The van der Waals surface area contributed by atoms with Crippen molar-refractivity contribution in [2.24, 2.45) is 0 Å². The van der Waals surface area contributed by atoms with Gasteiger partial charge in [-0.2, -0.15) is 15.4 Å². The van der Waals surface area contributed by atoms with Crippen LogP contribution in [0.5, 0.6) is 0 Å². The largest absolute Gasteiger partial charge is 0.451 e. The van der Waals surface area contributed by atoms with E-state index in [0.29, 0.717) is 22.7 Å². The molecule has 3 N–H and O–H groups in total. The normalized spacial score (nSPS) is 10.8. The number of hydrogen-bond donors (Lipinski definition) is 3. The first-order valence-electron chi connectivity index (χ1n) is 10.3. The van der Waals surface area contributed by atoms with Crippen LogP contribution in [-0.4, -0.2) is 27.2 Å². The molecule has 0 aliphatic heterocycles. The van der Waals surface area contributed by atoms with Gasteiger partial charge < -0.3 is 15.1 Å². The van der Waals surface area contributed by atoms with E-state index in [9.17, 15) is 9.59 Å². The number of carbonyl (C=O) groups excluding carboxylic acids is 2. The van der Waals surface area contributed by atoms with Crippen molar-refractivity contribution in [3.8, 4) is 11.3 Å². The minimum absolute atomic E-state index is 0.147. The number of benzene rings is 3. The van der Waals surface area contributed by atoms with Crippen molar-refractivity contribution >= 4 is 34.2 Å². The highest BCUT2D eigenvalue weighted by Crippen LogP contribution is 2.21. The minimum Gasteiger partial charge on any atom is -0.451 e. The van der Waals surface area contributed by atoms with E-state index in [-0.39, 0.29) is 24.0 Å². The summed E-state index contributed by atoms with van der Waals surface area (Å²) in [6.07, 6.45) is 1.82. The lowest BCUT2D eigenvalue weighted by Crippen LogP contribution is -2.14. The number of amides is 2. The van der Waals surface area contributed by atoms with Gasteiger partial charge in [0.05, 0.1) is 12.6 Å². The Kier molecular flexibility index (Phi) is 5.38. The first kappa shape index (κ1) is 20.2. The summed E-state index contributed by atoms with van der Waals surface area (Å²) in [6.45, 7) is 0. The number of furan rings is 1. The number of rotatable bonds is 6. The Hall–Kier alpha value is -4.72. The van der Waals surface area contributed by atoms with Crippen LogP contribution in [0.1, 0.15) is 16.1 Å². The summed E-state index contributed by atoms with van der Waals surface area (Å²) in [5.41, 5.74) is 4.33. The number of aromatic nitrogens is 3. The average molecular weight is 437 g/mol. The van der Waals surface area contributed by atoms with Gasteiger partial charge in [-0.05, 0) is 42.0 Å². The molecular weight excluding hydrogens is 418 g/mol. The number of aromatic amines is 1. The van der Waals surface area contributed by atoms with Crippen molar-refractivity contribution < 1.29 is 14.0 Å². The molecule has 0 aliphatic carbocycles.